The van der Waals surface area contributed by atoms with E-state index in [0.717, 1.165) is 6.08 Å². The van der Waals surface area contributed by atoms with Gasteiger partial charge in [-0.1, -0.05) is 15.9 Å². The van der Waals surface area contributed by atoms with Crippen molar-refractivity contribution in [1.82, 2.24) is 0 Å². The fourth-order valence-corrected chi connectivity index (χ4v) is 2.48. The summed E-state index contributed by atoms with van der Waals surface area (Å²) in [5.74, 6) is -5.56. The quantitative estimate of drug-likeness (QED) is 0.757. The Balaban J connectivity index is 2.57. The Morgan fingerprint density at radius 3 is 2.84 bits per heavy atom. The van der Waals surface area contributed by atoms with Crippen LogP contribution in [0.2, 0.25) is 0 Å². The van der Waals surface area contributed by atoms with Crippen LogP contribution in [0, 0.1) is 0 Å². The van der Waals surface area contributed by atoms with E-state index in [4.69, 9.17) is 0 Å². The summed E-state index contributed by atoms with van der Waals surface area (Å²) in [5.41, 5.74) is -3.00. The lowest BCUT2D eigenvalue weighted by Crippen LogP contribution is -2.67. The van der Waals surface area contributed by atoms with Crippen molar-refractivity contribution < 1.29 is 37.7 Å². The van der Waals surface area contributed by atoms with E-state index in [2.05, 4.69) is 30.1 Å². The number of esters is 1. The maximum Gasteiger partial charge on any atom is 0.510 e. The molecular weight excluding hydrogens is 334 g/mol. The van der Waals surface area contributed by atoms with Gasteiger partial charge in [0, 0.05) is 4.48 Å². The third-order valence-electron chi connectivity index (χ3n) is 2.86. The second kappa shape index (κ2) is 4.41. The number of carbonyl (C=O) groups is 2. The Bertz CT molecular complexity index is 465. The molecule has 1 heterocycles. The largest absolute Gasteiger partial charge is 0.510 e. The summed E-state index contributed by atoms with van der Waals surface area (Å²) < 4.78 is 41.6. The van der Waals surface area contributed by atoms with Crippen molar-refractivity contribution >= 4 is 28.1 Å². The van der Waals surface area contributed by atoms with Crippen molar-refractivity contribution in [3.05, 3.63) is 10.6 Å². The first-order valence-corrected chi connectivity index (χ1v) is 6.06. The number of ether oxygens (including phenoxy) is 3. The highest BCUT2D eigenvalue weighted by atomic mass is 79.9. The number of hydrogen-bond donors (Lipinski definition) is 1. The summed E-state index contributed by atoms with van der Waals surface area (Å²) in [6.45, 7) is 1.21. The zero-order valence-corrected chi connectivity index (χ0v) is 11.1. The van der Waals surface area contributed by atoms with Crippen molar-refractivity contribution in [1.29, 1.82) is 0 Å². The molecule has 3 atom stereocenters. The standard InChI is InChI=1S/C10H9BrF2O6/c1-2-17-7(15)9-5(18-8(16)19-9)3-4(11)6(14)10(9,12)13/h3,5-6,14H,2H2,1H3/t5-,6-,9+/m1/s1. The van der Waals surface area contributed by atoms with Crippen molar-refractivity contribution in [2.45, 2.75) is 30.7 Å². The van der Waals surface area contributed by atoms with Gasteiger partial charge in [0.15, 0.2) is 12.2 Å². The fourth-order valence-electron chi connectivity index (χ4n) is 1.95. The van der Waals surface area contributed by atoms with Gasteiger partial charge in [-0.05, 0) is 13.0 Å². The molecule has 2 rings (SSSR count). The van der Waals surface area contributed by atoms with Crippen molar-refractivity contribution in [3.63, 3.8) is 0 Å². The summed E-state index contributed by atoms with van der Waals surface area (Å²) in [7, 11) is 0. The van der Waals surface area contributed by atoms with E-state index in [9.17, 15) is 23.5 Å². The van der Waals surface area contributed by atoms with Crippen LogP contribution >= 0.6 is 15.9 Å². The zero-order chi connectivity index (χ0) is 14.4. The van der Waals surface area contributed by atoms with Gasteiger partial charge in [0.2, 0.25) is 0 Å². The number of rotatable bonds is 2. The number of alkyl halides is 2. The van der Waals surface area contributed by atoms with E-state index in [-0.39, 0.29) is 11.1 Å². The highest BCUT2D eigenvalue weighted by Crippen LogP contribution is 2.50. The molecule has 1 aliphatic carbocycles. The van der Waals surface area contributed by atoms with E-state index >= 15 is 0 Å². The molecule has 2 aliphatic rings. The van der Waals surface area contributed by atoms with E-state index in [1.54, 1.807) is 0 Å². The van der Waals surface area contributed by atoms with Crippen molar-refractivity contribution in [2.24, 2.45) is 0 Å². The molecule has 1 aliphatic heterocycles. The average Bonchev–Trinajstić information content (AvgIpc) is 2.65. The topological polar surface area (TPSA) is 82.1 Å². The van der Waals surface area contributed by atoms with Crippen LogP contribution in [0.1, 0.15) is 6.92 Å². The van der Waals surface area contributed by atoms with Gasteiger partial charge in [0.25, 0.3) is 0 Å². The maximum atomic E-state index is 14.2. The summed E-state index contributed by atoms with van der Waals surface area (Å²) in [4.78, 5) is 22.9. The minimum atomic E-state index is -4.09. The van der Waals surface area contributed by atoms with E-state index in [0.29, 0.717) is 0 Å². The lowest BCUT2D eigenvalue weighted by Gasteiger charge is -2.39. The lowest BCUT2D eigenvalue weighted by molar-refractivity contribution is -0.233. The molecule has 0 amide bonds. The Morgan fingerprint density at radius 2 is 2.26 bits per heavy atom. The number of carbonyl (C=O) groups excluding carboxylic acids is 2. The molecule has 106 valence electrons. The summed E-state index contributed by atoms with van der Waals surface area (Å²) in [6, 6.07) is 0. The predicted molar refractivity (Wildman–Crippen MR) is 58.7 cm³/mol. The van der Waals surface area contributed by atoms with Gasteiger partial charge >= 0.3 is 23.6 Å². The van der Waals surface area contributed by atoms with E-state index in [1.807, 2.05) is 0 Å². The molecule has 0 spiro atoms. The van der Waals surface area contributed by atoms with Gasteiger partial charge < -0.3 is 19.3 Å². The number of fused-ring (bicyclic) bond motifs is 1. The molecule has 0 saturated carbocycles. The number of hydrogen-bond acceptors (Lipinski definition) is 6. The van der Waals surface area contributed by atoms with Crippen molar-refractivity contribution in [3.8, 4) is 0 Å². The van der Waals surface area contributed by atoms with Gasteiger partial charge in [0.05, 0.1) is 6.61 Å². The monoisotopic (exact) mass is 342 g/mol. The van der Waals surface area contributed by atoms with Gasteiger partial charge in [-0.25, -0.2) is 9.59 Å². The molecular formula is C10H9BrF2O6. The Kier molecular flexibility index (Phi) is 3.29. The van der Waals surface area contributed by atoms with Crippen LogP contribution in [0.15, 0.2) is 10.6 Å². The number of halogens is 3. The molecule has 0 unspecified atom stereocenters. The average molecular weight is 343 g/mol. The van der Waals surface area contributed by atoms with Crippen LogP contribution in [-0.4, -0.2) is 47.6 Å². The molecule has 0 aromatic carbocycles. The van der Waals surface area contributed by atoms with Crippen LogP contribution in [-0.2, 0) is 19.0 Å². The summed E-state index contributed by atoms with van der Waals surface area (Å²) in [5, 5.41) is 9.50. The zero-order valence-electron chi connectivity index (χ0n) is 9.56. The first-order chi connectivity index (χ1) is 8.77. The Hall–Kier alpha value is -1.22. The third kappa shape index (κ3) is 1.75. The predicted octanol–water partition coefficient (Wildman–Crippen LogP) is 1.11. The lowest BCUT2D eigenvalue weighted by atomic mass is 9.81. The molecule has 6 nitrogen and oxygen atoms in total. The minimum Gasteiger partial charge on any atom is -0.463 e. The van der Waals surface area contributed by atoms with Crippen LogP contribution in [0.4, 0.5) is 13.6 Å². The molecule has 1 N–H and O–H groups in total. The van der Waals surface area contributed by atoms with Gasteiger partial charge in [-0.15, -0.1) is 0 Å². The molecule has 9 heteroatoms. The molecule has 1 saturated heterocycles. The van der Waals surface area contributed by atoms with Gasteiger partial charge in [-0.2, -0.15) is 8.78 Å². The van der Waals surface area contributed by atoms with Crippen LogP contribution < -0.4 is 0 Å². The van der Waals surface area contributed by atoms with Crippen molar-refractivity contribution in [2.75, 3.05) is 6.61 Å². The Labute approximate surface area is 114 Å². The van der Waals surface area contributed by atoms with Gasteiger partial charge in [-0.3, -0.25) is 0 Å². The number of aliphatic hydroxyl groups excluding tert-OH is 1. The molecule has 1 fully saturated rings. The normalized spacial score (nSPS) is 35.8. The number of aliphatic hydroxyl groups is 1. The Morgan fingerprint density at radius 1 is 1.63 bits per heavy atom. The first kappa shape index (κ1) is 14.2. The molecule has 0 radical (unpaired) electrons. The third-order valence-corrected chi connectivity index (χ3v) is 3.56. The molecule has 19 heavy (non-hydrogen) atoms. The SMILES string of the molecule is CCOC(=O)[C@@]12OC(=O)O[C@@H]1C=C(Br)[C@@H](O)C2(F)F. The highest BCUT2D eigenvalue weighted by Gasteiger charge is 2.77. The highest BCUT2D eigenvalue weighted by molar-refractivity contribution is 9.11. The first-order valence-electron chi connectivity index (χ1n) is 5.27. The second-order valence-corrected chi connectivity index (χ2v) is 4.84. The summed E-state index contributed by atoms with van der Waals surface area (Å²) >= 11 is 2.73. The maximum absolute atomic E-state index is 14.2. The smallest absolute Gasteiger partial charge is 0.463 e. The van der Waals surface area contributed by atoms with Gasteiger partial charge in [0.1, 0.15) is 0 Å². The second-order valence-electron chi connectivity index (χ2n) is 3.92. The molecule has 0 aromatic rings. The summed E-state index contributed by atoms with van der Waals surface area (Å²) in [6.07, 6.45) is -4.47. The van der Waals surface area contributed by atoms with Crippen LogP contribution in [0.3, 0.4) is 0 Å². The van der Waals surface area contributed by atoms with Crippen LogP contribution in [0.5, 0.6) is 0 Å². The van der Waals surface area contributed by atoms with E-state index in [1.165, 1.54) is 6.92 Å². The molecule has 0 bridgehead atoms. The molecule has 0 aromatic heterocycles. The van der Waals surface area contributed by atoms with E-state index < -0.39 is 35.9 Å². The van der Waals surface area contributed by atoms with Crippen LogP contribution in [0.25, 0.3) is 0 Å². The fraction of sp³-hybridized carbons (Fsp3) is 0.600. The minimum absolute atomic E-state index is 0.193.